The van der Waals surface area contributed by atoms with Crippen LogP contribution < -0.4 is 0 Å². The highest BCUT2D eigenvalue weighted by atomic mass is 32.2. The molecule has 2 aliphatic rings. The maximum atomic E-state index is 12.8. The van der Waals surface area contributed by atoms with Crippen molar-refractivity contribution >= 4 is 39.2 Å². The Hall–Kier alpha value is -1.93. The van der Waals surface area contributed by atoms with E-state index in [1.165, 1.54) is 37.4 Å². The lowest BCUT2D eigenvalue weighted by molar-refractivity contribution is -0.128. The van der Waals surface area contributed by atoms with Crippen molar-refractivity contribution in [3.05, 3.63) is 35.1 Å². The van der Waals surface area contributed by atoms with Crippen LogP contribution in [0.15, 0.2) is 29.4 Å². The smallest absolute Gasteiger partial charge is 0.233 e. The highest BCUT2D eigenvalue weighted by Gasteiger charge is 2.36. The second kappa shape index (κ2) is 7.15. The van der Waals surface area contributed by atoms with Gasteiger partial charge >= 0.3 is 0 Å². The molecule has 0 N–H and O–H groups in total. The summed E-state index contributed by atoms with van der Waals surface area (Å²) in [6, 6.07) is 8.60. The van der Waals surface area contributed by atoms with Crippen molar-refractivity contribution in [3.8, 4) is 0 Å². The number of nitrogens with zero attached hydrogens (tertiary/aromatic N) is 5. The minimum atomic E-state index is -0.0474. The molecule has 6 nitrogen and oxygen atoms in total. The zero-order chi connectivity index (χ0) is 19.3. The summed E-state index contributed by atoms with van der Waals surface area (Å²) in [6.45, 7) is 2.04. The first kappa shape index (κ1) is 18.1. The van der Waals surface area contributed by atoms with Crippen molar-refractivity contribution in [1.82, 2.24) is 24.6 Å². The molecule has 0 saturated heterocycles. The maximum absolute atomic E-state index is 12.8. The molecule has 1 amide bonds. The fraction of sp³-hybridized carbons (Fsp3) is 0.500. The highest BCUT2D eigenvalue weighted by Crippen LogP contribution is 2.46. The first-order chi connectivity index (χ1) is 13.6. The zero-order valence-electron chi connectivity index (χ0n) is 16.0. The number of thiazole rings is 1. The molecule has 1 aromatic carbocycles. The lowest BCUT2D eigenvalue weighted by atomic mass is 10.3. The Kier molecular flexibility index (Phi) is 4.63. The summed E-state index contributed by atoms with van der Waals surface area (Å²) in [5, 5.41) is 10.7. The van der Waals surface area contributed by atoms with Crippen LogP contribution in [-0.4, -0.2) is 43.4 Å². The summed E-state index contributed by atoms with van der Waals surface area (Å²) in [5.74, 6) is 2.19. The van der Waals surface area contributed by atoms with E-state index in [9.17, 15) is 4.79 Å². The second-order valence-electron chi connectivity index (χ2n) is 7.71. The Bertz CT molecular complexity index is 988. The molecule has 1 atom stereocenters. The van der Waals surface area contributed by atoms with Gasteiger partial charge in [0, 0.05) is 19.0 Å². The van der Waals surface area contributed by atoms with Crippen LogP contribution in [0, 0.1) is 0 Å². The van der Waals surface area contributed by atoms with Crippen LogP contribution in [0.2, 0.25) is 0 Å². The van der Waals surface area contributed by atoms with E-state index < -0.39 is 0 Å². The van der Waals surface area contributed by atoms with Crippen molar-refractivity contribution in [2.75, 3.05) is 12.8 Å². The minimum absolute atomic E-state index is 0.0474. The fourth-order valence-corrected chi connectivity index (χ4v) is 5.36. The molecule has 0 spiro atoms. The van der Waals surface area contributed by atoms with Gasteiger partial charge in [0.2, 0.25) is 5.91 Å². The minimum Gasteiger partial charge on any atom is -0.336 e. The number of aromatic nitrogens is 4. The summed E-state index contributed by atoms with van der Waals surface area (Å²) < 4.78 is 3.46. The SMILES string of the molecule is C[C@@H](c1nc2ccccc2s1)N(C)C(=O)CSc1nnc(C2CC2)n1C1CC1. The van der Waals surface area contributed by atoms with Crippen LogP contribution in [0.3, 0.4) is 0 Å². The van der Waals surface area contributed by atoms with Gasteiger partial charge in [-0.05, 0) is 44.7 Å². The van der Waals surface area contributed by atoms with E-state index >= 15 is 0 Å². The first-order valence-electron chi connectivity index (χ1n) is 9.80. The molecule has 0 bridgehead atoms. The summed E-state index contributed by atoms with van der Waals surface area (Å²) in [5.41, 5.74) is 0.995. The Labute approximate surface area is 172 Å². The quantitative estimate of drug-likeness (QED) is 0.537. The predicted molar refractivity (Wildman–Crippen MR) is 112 cm³/mol. The van der Waals surface area contributed by atoms with Gasteiger partial charge in [-0.2, -0.15) is 0 Å². The number of carbonyl (C=O) groups is 1. The van der Waals surface area contributed by atoms with Crippen molar-refractivity contribution in [3.63, 3.8) is 0 Å². The van der Waals surface area contributed by atoms with E-state index in [0.717, 1.165) is 26.2 Å². The number of hydrogen-bond donors (Lipinski definition) is 0. The fourth-order valence-electron chi connectivity index (χ4n) is 3.36. The van der Waals surface area contributed by atoms with Crippen LogP contribution in [0.25, 0.3) is 10.2 Å². The van der Waals surface area contributed by atoms with Crippen molar-refractivity contribution in [2.24, 2.45) is 0 Å². The number of hydrogen-bond acceptors (Lipinski definition) is 6. The van der Waals surface area contributed by atoms with Crippen molar-refractivity contribution in [1.29, 1.82) is 0 Å². The molecule has 146 valence electrons. The summed E-state index contributed by atoms with van der Waals surface area (Å²) in [4.78, 5) is 19.3. The molecular weight excluding hydrogens is 390 g/mol. The zero-order valence-corrected chi connectivity index (χ0v) is 17.7. The highest BCUT2D eigenvalue weighted by molar-refractivity contribution is 7.99. The molecule has 28 heavy (non-hydrogen) atoms. The third-order valence-corrected chi connectivity index (χ3v) is 7.65. The Morgan fingerprint density at radius 2 is 2.07 bits per heavy atom. The summed E-state index contributed by atoms with van der Waals surface area (Å²) >= 11 is 3.17. The number of para-hydroxylation sites is 1. The number of rotatable bonds is 7. The molecule has 2 saturated carbocycles. The van der Waals surface area contributed by atoms with Crippen LogP contribution in [0.1, 0.15) is 61.4 Å². The van der Waals surface area contributed by atoms with Gasteiger partial charge in [-0.3, -0.25) is 4.79 Å². The third-order valence-electron chi connectivity index (χ3n) is 5.51. The molecular formula is C20H23N5OS2. The lowest BCUT2D eigenvalue weighted by Crippen LogP contribution is -2.31. The Morgan fingerprint density at radius 1 is 1.29 bits per heavy atom. The van der Waals surface area contributed by atoms with Crippen LogP contribution in [-0.2, 0) is 4.79 Å². The topological polar surface area (TPSA) is 63.9 Å². The lowest BCUT2D eigenvalue weighted by Gasteiger charge is -2.23. The van der Waals surface area contributed by atoms with Gasteiger partial charge in [-0.1, -0.05) is 23.9 Å². The molecule has 8 heteroatoms. The van der Waals surface area contributed by atoms with E-state index in [2.05, 4.69) is 20.8 Å². The van der Waals surface area contributed by atoms with E-state index in [4.69, 9.17) is 4.98 Å². The number of benzene rings is 1. The van der Waals surface area contributed by atoms with Gasteiger partial charge < -0.3 is 9.47 Å². The molecule has 0 aliphatic heterocycles. The summed E-state index contributed by atoms with van der Waals surface area (Å²) in [6.07, 6.45) is 4.84. The van der Waals surface area contributed by atoms with Gasteiger partial charge in [-0.15, -0.1) is 21.5 Å². The second-order valence-corrected chi connectivity index (χ2v) is 9.71. The van der Waals surface area contributed by atoms with Gasteiger partial charge in [0.1, 0.15) is 10.8 Å². The van der Waals surface area contributed by atoms with Crippen molar-refractivity contribution < 1.29 is 4.79 Å². The molecule has 2 heterocycles. The largest absolute Gasteiger partial charge is 0.336 e. The standard InChI is InChI=1S/C20H23N5OS2/c1-12(19-21-15-5-3-4-6-16(15)28-19)24(2)17(26)11-27-20-23-22-18(13-7-8-13)25(20)14-9-10-14/h3-6,12-14H,7-11H2,1-2H3/t12-/m0/s1. The van der Waals surface area contributed by atoms with Crippen LogP contribution >= 0.6 is 23.1 Å². The Balaban J connectivity index is 1.26. The molecule has 2 aliphatic carbocycles. The van der Waals surface area contributed by atoms with E-state index in [1.807, 2.05) is 32.2 Å². The van der Waals surface area contributed by atoms with Gasteiger partial charge in [-0.25, -0.2) is 4.98 Å². The number of carbonyl (C=O) groups excluding carboxylic acids is 1. The van der Waals surface area contributed by atoms with Gasteiger partial charge in [0.05, 0.1) is 22.0 Å². The first-order valence-corrected chi connectivity index (χ1v) is 11.6. The monoisotopic (exact) mass is 413 g/mol. The molecule has 3 aromatic rings. The predicted octanol–water partition coefficient (Wildman–Crippen LogP) is 4.41. The summed E-state index contributed by atoms with van der Waals surface area (Å²) in [7, 11) is 1.86. The van der Waals surface area contributed by atoms with E-state index in [1.54, 1.807) is 16.2 Å². The van der Waals surface area contributed by atoms with Gasteiger partial charge in [0.15, 0.2) is 5.16 Å². The number of amides is 1. The van der Waals surface area contributed by atoms with Crippen LogP contribution in [0.5, 0.6) is 0 Å². The molecule has 0 radical (unpaired) electrons. The maximum Gasteiger partial charge on any atom is 0.233 e. The Morgan fingerprint density at radius 3 is 2.79 bits per heavy atom. The number of thioether (sulfide) groups is 1. The van der Waals surface area contributed by atoms with Crippen LogP contribution in [0.4, 0.5) is 0 Å². The van der Waals surface area contributed by atoms with Gasteiger partial charge in [0.25, 0.3) is 0 Å². The molecule has 2 aromatic heterocycles. The average Bonchev–Trinajstić information content (AvgIpc) is 3.64. The normalized spacial score (nSPS) is 17.8. The van der Waals surface area contributed by atoms with E-state index in [-0.39, 0.29) is 11.9 Å². The third kappa shape index (κ3) is 3.43. The molecule has 5 rings (SSSR count). The van der Waals surface area contributed by atoms with E-state index in [0.29, 0.717) is 17.7 Å². The number of fused-ring (bicyclic) bond motifs is 1. The molecule has 2 fully saturated rings. The molecule has 0 unspecified atom stereocenters. The van der Waals surface area contributed by atoms with Crippen molar-refractivity contribution in [2.45, 2.75) is 55.8 Å². The average molecular weight is 414 g/mol.